The Morgan fingerprint density at radius 1 is 1.22 bits per heavy atom. The minimum Gasteiger partial charge on any atom is -0.465 e. The van der Waals surface area contributed by atoms with Gasteiger partial charge in [-0.25, -0.2) is 0 Å². The van der Waals surface area contributed by atoms with Gasteiger partial charge in [0.25, 0.3) is 0 Å². The summed E-state index contributed by atoms with van der Waals surface area (Å²) in [6, 6.07) is 9.89. The van der Waals surface area contributed by atoms with E-state index in [0.29, 0.717) is 13.0 Å². The summed E-state index contributed by atoms with van der Waals surface area (Å²) in [5, 5.41) is 0. The number of nitrogens with zero attached hydrogens (tertiary/aromatic N) is 1. The maximum Gasteiger partial charge on any atom is 0.302 e. The summed E-state index contributed by atoms with van der Waals surface area (Å²) in [6.45, 7) is 4.01. The molecule has 3 nitrogen and oxygen atoms in total. The molecule has 0 atom stereocenters. The van der Waals surface area contributed by atoms with Gasteiger partial charge in [-0.15, -0.1) is 0 Å². The fourth-order valence-corrected chi connectivity index (χ4v) is 1.62. The van der Waals surface area contributed by atoms with Crippen LogP contribution in [0.25, 0.3) is 0 Å². The zero-order valence-electron chi connectivity index (χ0n) is 11.2. The molecule has 0 spiro atoms. The topological polar surface area (TPSA) is 38.7 Å². The number of hydrogen-bond donors (Lipinski definition) is 0. The second kappa shape index (κ2) is 8.45. The number of carbonyl (C=O) groups excluding carboxylic acids is 1. The van der Waals surface area contributed by atoms with Gasteiger partial charge in [0.05, 0.1) is 12.3 Å². The van der Waals surface area contributed by atoms with Crippen LogP contribution in [0.5, 0.6) is 0 Å². The number of unbranched alkanes of at least 4 members (excludes halogenated alkanes) is 1. The van der Waals surface area contributed by atoms with Crippen molar-refractivity contribution in [3.63, 3.8) is 0 Å². The van der Waals surface area contributed by atoms with Gasteiger partial charge in [-0.05, 0) is 25.0 Å². The van der Waals surface area contributed by atoms with Crippen molar-refractivity contribution in [3.8, 4) is 0 Å². The lowest BCUT2D eigenvalue weighted by Gasteiger charge is -2.06. The number of rotatable bonds is 7. The zero-order valence-corrected chi connectivity index (χ0v) is 11.2. The predicted octanol–water partition coefficient (Wildman–Crippen LogP) is 3.90. The number of ether oxygens (including phenoxy) is 1. The first-order chi connectivity index (χ1) is 8.72. The number of hydrogen-bond acceptors (Lipinski definition) is 3. The third-order valence-electron chi connectivity index (χ3n) is 2.56. The van der Waals surface area contributed by atoms with Gasteiger partial charge >= 0.3 is 5.97 Å². The number of para-hydroxylation sites is 1. The van der Waals surface area contributed by atoms with Crippen molar-refractivity contribution in [1.82, 2.24) is 0 Å². The Bertz CT molecular complexity index is 385. The molecule has 0 aliphatic rings. The van der Waals surface area contributed by atoms with Gasteiger partial charge in [-0.1, -0.05) is 31.5 Å². The Labute approximate surface area is 109 Å². The van der Waals surface area contributed by atoms with Crippen LogP contribution in [0.15, 0.2) is 35.3 Å². The lowest BCUT2D eigenvalue weighted by Crippen LogP contribution is -2.07. The standard InChI is InChI=1S/C15H21NO2/c1-3-4-8-15(11-12-18-13(2)17)16-14-9-6-5-7-10-14/h5-7,9-10H,3-4,8,11-12H2,1-2H3. The fraction of sp³-hybridized carbons (Fsp3) is 0.467. The third kappa shape index (κ3) is 6.18. The molecule has 1 aromatic carbocycles. The highest BCUT2D eigenvalue weighted by Crippen LogP contribution is 2.13. The molecular formula is C15H21NO2. The van der Waals surface area contributed by atoms with Crippen LogP contribution in [0.4, 0.5) is 5.69 Å². The van der Waals surface area contributed by atoms with E-state index in [1.165, 1.54) is 6.92 Å². The van der Waals surface area contributed by atoms with Gasteiger partial charge < -0.3 is 4.74 Å². The van der Waals surface area contributed by atoms with E-state index in [0.717, 1.165) is 30.7 Å². The number of benzene rings is 1. The largest absolute Gasteiger partial charge is 0.465 e. The van der Waals surface area contributed by atoms with Crippen molar-refractivity contribution in [2.24, 2.45) is 4.99 Å². The first kappa shape index (κ1) is 14.4. The van der Waals surface area contributed by atoms with Gasteiger partial charge in [0.1, 0.15) is 0 Å². The number of esters is 1. The smallest absolute Gasteiger partial charge is 0.302 e. The van der Waals surface area contributed by atoms with E-state index < -0.39 is 0 Å². The molecule has 98 valence electrons. The summed E-state index contributed by atoms with van der Waals surface area (Å²) in [5.41, 5.74) is 2.07. The quantitative estimate of drug-likeness (QED) is 0.541. The highest BCUT2D eigenvalue weighted by Gasteiger charge is 2.02. The van der Waals surface area contributed by atoms with Crippen LogP contribution in [-0.4, -0.2) is 18.3 Å². The Hall–Kier alpha value is -1.64. The highest BCUT2D eigenvalue weighted by molar-refractivity contribution is 5.87. The van der Waals surface area contributed by atoms with Gasteiger partial charge in [0.2, 0.25) is 0 Å². The fourth-order valence-electron chi connectivity index (χ4n) is 1.62. The van der Waals surface area contributed by atoms with E-state index in [2.05, 4.69) is 11.9 Å². The molecule has 0 aromatic heterocycles. The Morgan fingerprint density at radius 2 is 1.94 bits per heavy atom. The Balaban J connectivity index is 2.59. The Morgan fingerprint density at radius 3 is 2.56 bits per heavy atom. The minimum atomic E-state index is -0.232. The first-order valence-corrected chi connectivity index (χ1v) is 6.47. The molecular weight excluding hydrogens is 226 g/mol. The normalized spacial score (nSPS) is 11.3. The summed E-state index contributed by atoms with van der Waals surface area (Å²) < 4.78 is 4.97. The van der Waals surface area contributed by atoms with Gasteiger partial charge in [0, 0.05) is 19.1 Å². The molecule has 1 aromatic rings. The monoisotopic (exact) mass is 247 g/mol. The molecule has 1 rings (SSSR count). The van der Waals surface area contributed by atoms with Gasteiger partial charge in [-0.3, -0.25) is 9.79 Å². The third-order valence-corrected chi connectivity index (χ3v) is 2.56. The van der Waals surface area contributed by atoms with E-state index in [4.69, 9.17) is 4.74 Å². The van der Waals surface area contributed by atoms with E-state index in [1.807, 2.05) is 30.3 Å². The van der Waals surface area contributed by atoms with E-state index in [-0.39, 0.29) is 5.97 Å². The molecule has 0 aliphatic heterocycles. The lowest BCUT2D eigenvalue weighted by molar-refractivity contribution is -0.140. The summed E-state index contributed by atoms with van der Waals surface area (Å²) in [5.74, 6) is -0.232. The molecule has 0 radical (unpaired) electrons. The average Bonchev–Trinajstić information content (AvgIpc) is 2.36. The minimum absolute atomic E-state index is 0.232. The molecule has 0 unspecified atom stereocenters. The molecule has 0 fully saturated rings. The SMILES string of the molecule is CCCCC(CCOC(C)=O)=Nc1ccccc1. The van der Waals surface area contributed by atoms with E-state index in [1.54, 1.807) is 0 Å². The molecule has 18 heavy (non-hydrogen) atoms. The molecule has 0 aliphatic carbocycles. The molecule has 0 bridgehead atoms. The second-order valence-electron chi connectivity index (χ2n) is 4.21. The summed E-state index contributed by atoms with van der Waals surface area (Å²) in [7, 11) is 0. The maximum absolute atomic E-state index is 10.7. The average molecular weight is 247 g/mol. The number of aliphatic imine (C=N–C) groups is 1. The van der Waals surface area contributed by atoms with Crippen LogP contribution in [0.2, 0.25) is 0 Å². The zero-order chi connectivity index (χ0) is 13.2. The predicted molar refractivity (Wildman–Crippen MR) is 74.3 cm³/mol. The molecule has 3 heteroatoms. The lowest BCUT2D eigenvalue weighted by atomic mass is 10.1. The van der Waals surface area contributed by atoms with Gasteiger partial charge in [0.15, 0.2) is 0 Å². The van der Waals surface area contributed by atoms with Crippen LogP contribution < -0.4 is 0 Å². The van der Waals surface area contributed by atoms with Crippen molar-refractivity contribution >= 4 is 17.4 Å². The van der Waals surface area contributed by atoms with Crippen molar-refractivity contribution < 1.29 is 9.53 Å². The van der Waals surface area contributed by atoms with Crippen LogP contribution >= 0.6 is 0 Å². The van der Waals surface area contributed by atoms with Crippen molar-refractivity contribution in [2.75, 3.05) is 6.61 Å². The van der Waals surface area contributed by atoms with Crippen molar-refractivity contribution in [3.05, 3.63) is 30.3 Å². The van der Waals surface area contributed by atoms with Crippen LogP contribution in [0.3, 0.4) is 0 Å². The van der Waals surface area contributed by atoms with Gasteiger partial charge in [-0.2, -0.15) is 0 Å². The van der Waals surface area contributed by atoms with Crippen LogP contribution in [0.1, 0.15) is 39.5 Å². The molecule has 0 saturated heterocycles. The first-order valence-electron chi connectivity index (χ1n) is 6.47. The van der Waals surface area contributed by atoms with Crippen LogP contribution in [-0.2, 0) is 9.53 Å². The van der Waals surface area contributed by atoms with Crippen LogP contribution in [0, 0.1) is 0 Å². The van der Waals surface area contributed by atoms with E-state index in [9.17, 15) is 4.79 Å². The van der Waals surface area contributed by atoms with E-state index >= 15 is 0 Å². The molecule has 0 saturated carbocycles. The summed E-state index contributed by atoms with van der Waals surface area (Å²) >= 11 is 0. The maximum atomic E-state index is 10.7. The van der Waals surface area contributed by atoms with Crippen molar-refractivity contribution in [1.29, 1.82) is 0 Å². The molecule has 0 amide bonds. The Kier molecular flexibility index (Phi) is 6.77. The molecule has 0 heterocycles. The summed E-state index contributed by atoms with van der Waals surface area (Å²) in [6.07, 6.45) is 3.94. The summed E-state index contributed by atoms with van der Waals surface area (Å²) in [4.78, 5) is 15.4. The second-order valence-corrected chi connectivity index (χ2v) is 4.21. The molecule has 0 N–H and O–H groups in total. The number of carbonyl (C=O) groups is 1. The highest BCUT2D eigenvalue weighted by atomic mass is 16.5. The van der Waals surface area contributed by atoms with Crippen molar-refractivity contribution in [2.45, 2.75) is 39.5 Å².